The molecule has 0 bridgehead atoms. The maximum absolute atomic E-state index is 14.5. The van der Waals surface area contributed by atoms with Gasteiger partial charge in [0.2, 0.25) is 11.8 Å². The fraction of sp³-hybridized carbons (Fsp3) is 0.312. The van der Waals surface area contributed by atoms with Crippen molar-refractivity contribution in [3.8, 4) is 0 Å². The monoisotopic (exact) mass is 640 g/mol. The molecular weight excluding hydrogens is 610 g/mol. The lowest BCUT2D eigenvalue weighted by Crippen LogP contribution is -2.50. The van der Waals surface area contributed by atoms with Gasteiger partial charge in [-0.25, -0.2) is 4.39 Å². The van der Waals surface area contributed by atoms with Gasteiger partial charge in [-0.3, -0.25) is 14.5 Å². The third-order valence-electron chi connectivity index (χ3n) is 8.04. The summed E-state index contributed by atoms with van der Waals surface area (Å²) >= 11 is 13.6. The maximum atomic E-state index is 14.5. The number of carbonyl (C=O) groups is 2. The van der Waals surface area contributed by atoms with Crippen molar-refractivity contribution in [2.75, 3.05) is 39.4 Å². The van der Waals surface area contributed by atoms with Gasteiger partial charge < -0.3 is 19.9 Å². The van der Waals surface area contributed by atoms with Gasteiger partial charge in [0, 0.05) is 65.3 Å². The summed E-state index contributed by atoms with van der Waals surface area (Å²) in [6.07, 6.45) is 1.82. The zero-order valence-corrected chi connectivity index (χ0v) is 25.7. The molecule has 43 heavy (non-hydrogen) atoms. The SMILES string of the molecule is O=C1C[C@@](Sc2ccccc2)(C(=O)NCCN2CCOCC2)[C@H](c2c[nH]c3cc(Cl)ccc23)N1Cc1ccc(Cl)c(F)c1. The van der Waals surface area contributed by atoms with E-state index in [0.29, 0.717) is 36.9 Å². The van der Waals surface area contributed by atoms with E-state index in [0.717, 1.165) is 34.5 Å². The molecule has 0 radical (unpaired) electrons. The van der Waals surface area contributed by atoms with Crippen LogP contribution in [0.3, 0.4) is 0 Å². The van der Waals surface area contributed by atoms with E-state index in [1.165, 1.54) is 23.9 Å². The molecule has 7 nitrogen and oxygen atoms in total. The molecule has 0 spiro atoms. The second kappa shape index (κ2) is 12.9. The first-order chi connectivity index (χ1) is 20.8. The lowest BCUT2D eigenvalue weighted by Gasteiger charge is -2.36. The molecule has 2 N–H and O–H groups in total. The smallest absolute Gasteiger partial charge is 0.239 e. The number of amides is 2. The van der Waals surface area contributed by atoms with Crippen LogP contribution in [0, 0.1) is 5.82 Å². The Balaban J connectivity index is 1.42. The molecular formula is C32H31Cl2FN4O3S. The summed E-state index contributed by atoms with van der Waals surface area (Å²) in [5.41, 5.74) is 2.17. The molecule has 2 aliphatic heterocycles. The molecule has 2 atom stereocenters. The van der Waals surface area contributed by atoms with E-state index in [2.05, 4.69) is 15.2 Å². The summed E-state index contributed by atoms with van der Waals surface area (Å²) in [7, 11) is 0. The van der Waals surface area contributed by atoms with Gasteiger partial charge in [0.05, 0.1) is 30.7 Å². The quantitative estimate of drug-likeness (QED) is 0.232. The molecule has 6 rings (SSSR count). The average Bonchev–Trinajstić information content (AvgIpc) is 3.53. The fourth-order valence-electron chi connectivity index (χ4n) is 5.94. The molecule has 224 valence electrons. The summed E-state index contributed by atoms with van der Waals surface area (Å²) in [5.74, 6) is -0.980. The first-order valence-corrected chi connectivity index (χ1v) is 15.7. The fourth-order valence-corrected chi connectivity index (χ4v) is 7.67. The maximum Gasteiger partial charge on any atom is 0.239 e. The molecule has 2 saturated heterocycles. The Bertz CT molecular complexity index is 1630. The molecule has 2 aliphatic rings. The molecule has 0 saturated carbocycles. The minimum atomic E-state index is -1.22. The highest BCUT2D eigenvalue weighted by Crippen LogP contribution is 2.54. The average molecular weight is 642 g/mol. The summed E-state index contributed by atoms with van der Waals surface area (Å²) in [5, 5.41) is 4.61. The first-order valence-electron chi connectivity index (χ1n) is 14.2. The highest BCUT2D eigenvalue weighted by atomic mass is 35.5. The van der Waals surface area contributed by atoms with E-state index < -0.39 is 16.6 Å². The predicted octanol–water partition coefficient (Wildman–Crippen LogP) is 6.07. The van der Waals surface area contributed by atoms with E-state index in [-0.39, 0.29) is 29.8 Å². The number of hydrogen-bond donors (Lipinski definition) is 2. The minimum Gasteiger partial charge on any atom is -0.379 e. The molecule has 3 heterocycles. The number of carbonyl (C=O) groups excluding carboxylic acids is 2. The second-order valence-corrected chi connectivity index (χ2v) is 13.0. The molecule has 0 unspecified atom stereocenters. The van der Waals surface area contributed by atoms with Crippen LogP contribution in [-0.4, -0.2) is 70.7 Å². The number of halogens is 3. The Kier molecular flexibility index (Phi) is 8.98. The van der Waals surface area contributed by atoms with Gasteiger partial charge in [0.25, 0.3) is 0 Å². The van der Waals surface area contributed by atoms with E-state index >= 15 is 0 Å². The third-order valence-corrected chi connectivity index (χ3v) is 10.0. The number of aromatic amines is 1. The zero-order valence-electron chi connectivity index (χ0n) is 23.3. The zero-order chi connectivity index (χ0) is 30.0. The van der Waals surface area contributed by atoms with Crippen LogP contribution < -0.4 is 5.32 Å². The normalized spacial score (nSPS) is 21.0. The Morgan fingerprint density at radius 3 is 2.65 bits per heavy atom. The van der Waals surface area contributed by atoms with Crippen LogP contribution in [0.5, 0.6) is 0 Å². The number of morpholine rings is 1. The highest BCUT2D eigenvalue weighted by Gasteiger charge is 2.58. The largest absolute Gasteiger partial charge is 0.379 e. The molecule has 4 aromatic rings. The number of likely N-dealkylation sites (tertiary alicyclic amines) is 1. The molecule has 0 aliphatic carbocycles. The van der Waals surface area contributed by atoms with Crippen molar-refractivity contribution in [2.45, 2.75) is 28.6 Å². The van der Waals surface area contributed by atoms with Crippen molar-refractivity contribution in [3.05, 3.63) is 99.9 Å². The van der Waals surface area contributed by atoms with Gasteiger partial charge in [0.1, 0.15) is 10.6 Å². The number of fused-ring (bicyclic) bond motifs is 1. The Labute approximate surface area is 263 Å². The van der Waals surface area contributed by atoms with E-state index in [1.807, 2.05) is 48.7 Å². The lowest BCUT2D eigenvalue weighted by atomic mass is 9.91. The predicted molar refractivity (Wildman–Crippen MR) is 168 cm³/mol. The van der Waals surface area contributed by atoms with Crippen molar-refractivity contribution in [1.82, 2.24) is 20.1 Å². The topological polar surface area (TPSA) is 77.7 Å². The number of benzene rings is 3. The van der Waals surface area contributed by atoms with Gasteiger partial charge >= 0.3 is 0 Å². The van der Waals surface area contributed by atoms with Crippen LogP contribution in [0.1, 0.15) is 23.6 Å². The van der Waals surface area contributed by atoms with Gasteiger partial charge in [-0.05, 0) is 42.0 Å². The lowest BCUT2D eigenvalue weighted by molar-refractivity contribution is -0.129. The number of hydrogen-bond acceptors (Lipinski definition) is 5. The van der Waals surface area contributed by atoms with Crippen molar-refractivity contribution in [1.29, 1.82) is 0 Å². The standard InChI is InChI=1S/C32H31Cl2FN4O3S/c33-22-7-8-24-25(19-37-28(24)17-22)30-32(43-23-4-2-1-3-5-23,31(41)36-10-11-38-12-14-42-15-13-38)18-29(40)39(30)20-21-6-9-26(34)27(35)16-21/h1-9,16-17,19,30,37H,10-15,18,20H2,(H,36,41)/t30-,32-/m0/s1. The number of H-pyrrole nitrogens is 1. The van der Waals surface area contributed by atoms with Crippen molar-refractivity contribution < 1.29 is 18.7 Å². The van der Waals surface area contributed by atoms with Crippen LogP contribution >= 0.6 is 35.0 Å². The number of rotatable bonds is 9. The Morgan fingerprint density at radius 2 is 1.88 bits per heavy atom. The summed E-state index contributed by atoms with van der Waals surface area (Å²) < 4.78 is 18.7. The number of nitrogens with one attached hydrogen (secondary N) is 2. The van der Waals surface area contributed by atoms with E-state index in [9.17, 15) is 14.0 Å². The number of aromatic nitrogens is 1. The molecule has 2 fully saturated rings. The number of ether oxygens (including phenoxy) is 1. The van der Waals surface area contributed by atoms with Crippen molar-refractivity contribution in [3.63, 3.8) is 0 Å². The van der Waals surface area contributed by atoms with Crippen LogP contribution in [0.4, 0.5) is 4.39 Å². The third kappa shape index (κ3) is 6.28. The van der Waals surface area contributed by atoms with Crippen LogP contribution in [0.25, 0.3) is 10.9 Å². The molecule has 11 heteroatoms. The van der Waals surface area contributed by atoms with Gasteiger partial charge in [0.15, 0.2) is 0 Å². The van der Waals surface area contributed by atoms with Crippen molar-refractivity contribution in [2.24, 2.45) is 0 Å². The minimum absolute atomic E-state index is 0.00943. The molecule has 2 amide bonds. The number of nitrogens with zero attached hydrogens (tertiary/aromatic N) is 2. The van der Waals surface area contributed by atoms with Gasteiger partial charge in [-0.15, -0.1) is 11.8 Å². The first kappa shape index (κ1) is 30.0. The molecule has 3 aromatic carbocycles. The van der Waals surface area contributed by atoms with E-state index in [1.54, 1.807) is 17.0 Å². The summed E-state index contributed by atoms with van der Waals surface area (Å²) in [4.78, 5) is 36.6. The van der Waals surface area contributed by atoms with Crippen LogP contribution in [-0.2, 0) is 20.9 Å². The summed E-state index contributed by atoms with van der Waals surface area (Å²) in [6.45, 7) is 4.18. The van der Waals surface area contributed by atoms with Crippen molar-refractivity contribution >= 4 is 57.7 Å². The van der Waals surface area contributed by atoms with Crippen LogP contribution in [0.15, 0.2) is 77.8 Å². The molecule has 1 aromatic heterocycles. The van der Waals surface area contributed by atoms with Gasteiger partial charge in [-0.2, -0.15) is 0 Å². The summed E-state index contributed by atoms with van der Waals surface area (Å²) in [6, 6.07) is 19.0. The van der Waals surface area contributed by atoms with E-state index in [4.69, 9.17) is 27.9 Å². The van der Waals surface area contributed by atoms with Gasteiger partial charge in [-0.1, -0.05) is 53.5 Å². The second-order valence-electron chi connectivity index (χ2n) is 10.8. The van der Waals surface area contributed by atoms with Crippen LogP contribution in [0.2, 0.25) is 10.0 Å². The number of thioether (sulfide) groups is 1. The Hall–Kier alpha value is -3.08. The highest BCUT2D eigenvalue weighted by molar-refractivity contribution is 8.01. The Morgan fingerprint density at radius 1 is 1.09 bits per heavy atom.